The number of morpholine rings is 1. The molecule has 2 N–H and O–H groups in total. The molecule has 1 heterocycles. The van der Waals surface area contributed by atoms with Crippen LogP contribution in [0.4, 0.5) is 0 Å². The molecule has 1 atom stereocenters. The first kappa shape index (κ1) is 14.3. The summed E-state index contributed by atoms with van der Waals surface area (Å²) in [5, 5.41) is 6.81. The molecule has 1 aliphatic rings. The summed E-state index contributed by atoms with van der Waals surface area (Å²) >= 11 is 5.99. The number of nitrogens with one attached hydrogen (secondary N) is 2. The Hall–Kier alpha value is -1.10. The van der Waals surface area contributed by atoms with Gasteiger partial charge in [-0.05, 0) is 31.5 Å². The highest BCUT2D eigenvalue weighted by Crippen LogP contribution is 2.23. The minimum absolute atomic E-state index is 0.0998. The summed E-state index contributed by atoms with van der Waals surface area (Å²) in [5.74, 6) is -0.0998. The first-order chi connectivity index (χ1) is 8.99. The maximum Gasteiger partial charge on any atom is 0.251 e. The fourth-order valence-corrected chi connectivity index (χ4v) is 2.26. The van der Waals surface area contributed by atoms with Crippen molar-refractivity contribution in [1.82, 2.24) is 10.6 Å². The summed E-state index contributed by atoms with van der Waals surface area (Å²) in [5.41, 5.74) is 0.486. The Morgan fingerprint density at radius 2 is 2.32 bits per heavy atom. The molecule has 104 valence electrons. The van der Waals surface area contributed by atoms with Gasteiger partial charge in [0.15, 0.2) is 0 Å². The Bertz CT molecular complexity index is 457. The molecule has 1 unspecified atom stereocenters. The van der Waals surface area contributed by atoms with Crippen molar-refractivity contribution >= 4 is 17.5 Å². The van der Waals surface area contributed by atoms with Crippen LogP contribution >= 0.6 is 11.6 Å². The fraction of sp³-hybridized carbons (Fsp3) is 0.500. The number of hydrogen-bond donors (Lipinski definition) is 2. The summed E-state index contributed by atoms with van der Waals surface area (Å²) in [4.78, 5) is 12.2. The molecule has 0 aliphatic carbocycles. The van der Waals surface area contributed by atoms with Crippen molar-refractivity contribution in [2.45, 2.75) is 25.5 Å². The Morgan fingerprint density at radius 3 is 2.95 bits per heavy atom. The molecular formula is C14H19ClN2O2. The molecule has 2 rings (SSSR count). The van der Waals surface area contributed by atoms with Crippen LogP contribution in [-0.2, 0) is 15.1 Å². The number of benzene rings is 1. The average Bonchev–Trinajstić information content (AvgIpc) is 2.39. The van der Waals surface area contributed by atoms with E-state index in [4.69, 9.17) is 16.3 Å². The van der Waals surface area contributed by atoms with Crippen molar-refractivity contribution in [3.8, 4) is 0 Å². The number of carbonyl (C=O) groups is 1. The summed E-state index contributed by atoms with van der Waals surface area (Å²) in [6.45, 7) is 5.81. The molecule has 0 radical (unpaired) electrons. The first-order valence-corrected chi connectivity index (χ1v) is 6.77. The summed E-state index contributed by atoms with van der Waals surface area (Å²) in [7, 11) is 0. The first-order valence-electron chi connectivity index (χ1n) is 6.39. The SMILES string of the molecule is CC(C)(NC(=O)C1CNCCO1)c1cccc(Cl)c1. The average molecular weight is 283 g/mol. The van der Waals surface area contributed by atoms with E-state index in [2.05, 4.69) is 10.6 Å². The highest BCUT2D eigenvalue weighted by atomic mass is 35.5. The van der Waals surface area contributed by atoms with Gasteiger partial charge in [0.2, 0.25) is 0 Å². The van der Waals surface area contributed by atoms with Crippen LogP contribution < -0.4 is 10.6 Å². The third-order valence-electron chi connectivity index (χ3n) is 3.20. The number of amides is 1. The van der Waals surface area contributed by atoms with Crippen LogP contribution in [0.3, 0.4) is 0 Å². The van der Waals surface area contributed by atoms with E-state index in [-0.39, 0.29) is 5.91 Å². The van der Waals surface area contributed by atoms with Gasteiger partial charge in [-0.25, -0.2) is 0 Å². The van der Waals surface area contributed by atoms with Gasteiger partial charge in [0.1, 0.15) is 6.10 Å². The van der Waals surface area contributed by atoms with E-state index >= 15 is 0 Å². The Morgan fingerprint density at radius 1 is 1.53 bits per heavy atom. The van der Waals surface area contributed by atoms with Crippen molar-refractivity contribution in [2.75, 3.05) is 19.7 Å². The van der Waals surface area contributed by atoms with E-state index in [0.29, 0.717) is 18.2 Å². The van der Waals surface area contributed by atoms with Crippen molar-refractivity contribution in [2.24, 2.45) is 0 Å². The second-order valence-corrected chi connectivity index (χ2v) is 5.62. The van der Waals surface area contributed by atoms with Gasteiger partial charge < -0.3 is 15.4 Å². The lowest BCUT2D eigenvalue weighted by molar-refractivity contribution is -0.136. The van der Waals surface area contributed by atoms with Crippen molar-refractivity contribution in [1.29, 1.82) is 0 Å². The summed E-state index contributed by atoms with van der Waals surface area (Å²) in [6, 6.07) is 7.51. The second-order valence-electron chi connectivity index (χ2n) is 5.19. The number of halogens is 1. The molecule has 1 aromatic rings. The second kappa shape index (κ2) is 5.90. The summed E-state index contributed by atoms with van der Waals surface area (Å²) < 4.78 is 5.44. The molecule has 0 spiro atoms. The topological polar surface area (TPSA) is 50.4 Å². The zero-order valence-corrected chi connectivity index (χ0v) is 12.0. The Balaban J connectivity index is 2.05. The molecule has 0 aromatic heterocycles. The highest BCUT2D eigenvalue weighted by molar-refractivity contribution is 6.30. The number of rotatable bonds is 3. The third-order valence-corrected chi connectivity index (χ3v) is 3.44. The van der Waals surface area contributed by atoms with E-state index < -0.39 is 11.6 Å². The van der Waals surface area contributed by atoms with Gasteiger partial charge in [0.05, 0.1) is 12.1 Å². The van der Waals surface area contributed by atoms with Crippen LogP contribution in [0.2, 0.25) is 5.02 Å². The monoisotopic (exact) mass is 282 g/mol. The van der Waals surface area contributed by atoms with Crippen LogP contribution in [0, 0.1) is 0 Å². The normalized spacial score (nSPS) is 20.1. The lowest BCUT2D eigenvalue weighted by Crippen LogP contribution is -2.52. The zero-order chi connectivity index (χ0) is 13.9. The van der Waals surface area contributed by atoms with E-state index in [1.165, 1.54) is 0 Å². The van der Waals surface area contributed by atoms with Crippen LogP contribution in [-0.4, -0.2) is 31.7 Å². The van der Waals surface area contributed by atoms with Crippen molar-refractivity contribution in [3.63, 3.8) is 0 Å². The van der Waals surface area contributed by atoms with Gasteiger partial charge in [-0.2, -0.15) is 0 Å². The van der Waals surface area contributed by atoms with Crippen molar-refractivity contribution in [3.05, 3.63) is 34.9 Å². The van der Waals surface area contributed by atoms with Crippen LogP contribution in [0.25, 0.3) is 0 Å². The van der Waals surface area contributed by atoms with Gasteiger partial charge in [0.25, 0.3) is 5.91 Å². The molecule has 1 aliphatic heterocycles. The molecule has 5 heteroatoms. The van der Waals surface area contributed by atoms with Crippen molar-refractivity contribution < 1.29 is 9.53 Å². The number of ether oxygens (including phenoxy) is 1. The third kappa shape index (κ3) is 3.69. The molecule has 0 bridgehead atoms. The molecule has 4 nitrogen and oxygen atoms in total. The largest absolute Gasteiger partial charge is 0.366 e. The molecule has 1 saturated heterocycles. The van der Waals surface area contributed by atoms with E-state index in [9.17, 15) is 4.79 Å². The summed E-state index contributed by atoms with van der Waals surface area (Å²) in [6.07, 6.45) is -0.424. The molecule has 1 fully saturated rings. The predicted molar refractivity (Wildman–Crippen MR) is 75.2 cm³/mol. The Kier molecular flexibility index (Phi) is 4.45. The fourth-order valence-electron chi connectivity index (χ4n) is 2.07. The standard InChI is InChI=1S/C14H19ClN2O2/c1-14(2,10-4-3-5-11(15)8-10)17-13(18)12-9-16-6-7-19-12/h3-5,8,12,16H,6-7,9H2,1-2H3,(H,17,18). The minimum atomic E-state index is -0.483. The lowest BCUT2D eigenvalue weighted by Gasteiger charge is -2.31. The van der Waals surface area contributed by atoms with Crippen LogP contribution in [0.15, 0.2) is 24.3 Å². The molecule has 0 saturated carbocycles. The molecule has 19 heavy (non-hydrogen) atoms. The van der Waals surface area contributed by atoms with Gasteiger partial charge in [-0.3, -0.25) is 4.79 Å². The Labute approximate surface area is 118 Å². The van der Waals surface area contributed by atoms with Gasteiger partial charge >= 0.3 is 0 Å². The maximum absolute atomic E-state index is 12.2. The van der Waals surface area contributed by atoms with Crippen LogP contribution in [0.5, 0.6) is 0 Å². The van der Waals surface area contributed by atoms with E-state index in [1.54, 1.807) is 0 Å². The van der Waals surface area contributed by atoms with E-state index in [0.717, 1.165) is 12.1 Å². The quantitative estimate of drug-likeness (QED) is 0.887. The lowest BCUT2D eigenvalue weighted by atomic mass is 9.94. The molecular weight excluding hydrogens is 264 g/mol. The van der Waals surface area contributed by atoms with Gasteiger partial charge in [-0.15, -0.1) is 0 Å². The molecule has 1 amide bonds. The maximum atomic E-state index is 12.2. The predicted octanol–water partition coefficient (Wildman–Crippen LogP) is 1.68. The van der Waals surface area contributed by atoms with E-state index in [1.807, 2.05) is 38.1 Å². The van der Waals surface area contributed by atoms with Gasteiger partial charge in [0, 0.05) is 18.1 Å². The highest BCUT2D eigenvalue weighted by Gasteiger charge is 2.28. The van der Waals surface area contributed by atoms with Gasteiger partial charge in [-0.1, -0.05) is 23.7 Å². The zero-order valence-electron chi connectivity index (χ0n) is 11.2. The number of carbonyl (C=O) groups excluding carboxylic acids is 1. The minimum Gasteiger partial charge on any atom is -0.366 e. The molecule has 1 aromatic carbocycles. The van der Waals surface area contributed by atoms with Crippen LogP contribution in [0.1, 0.15) is 19.4 Å². The number of hydrogen-bond acceptors (Lipinski definition) is 3. The smallest absolute Gasteiger partial charge is 0.251 e.